The Morgan fingerprint density at radius 2 is 2.17 bits per heavy atom. The molecule has 2 N–H and O–H groups in total. The molecule has 0 atom stereocenters. The summed E-state index contributed by atoms with van der Waals surface area (Å²) in [5, 5.41) is 2.85. The highest BCUT2D eigenvalue weighted by atomic mass is 16.2. The molecule has 2 heterocycles. The molecule has 0 saturated heterocycles. The summed E-state index contributed by atoms with van der Waals surface area (Å²) in [5.74, 6) is 0.859. The van der Waals surface area contributed by atoms with Gasteiger partial charge in [0, 0.05) is 17.7 Å². The fourth-order valence-corrected chi connectivity index (χ4v) is 2.07. The van der Waals surface area contributed by atoms with Crippen molar-refractivity contribution in [1.82, 2.24) is 9.97 Å². The first kappa shape index (κ1) is 10.8. The van der Waals surface area contributed by atoms with Gasteiger partial charge in [0.25, 0.3) is 5.91 Å². The van der Waals surface area contributed by atoms with Crippen molar-refractivity contribution in [3.05, 3.63) is 47.5 Å². The number of aromatic amines is 1. The van der Waals surface area contributed by atoms with E-state index in [1.807, 2.05) is 37.3 Å². The van der Waals surface area contributed by atoms with Gasteiger partial charge in [-0.05, 0) is 12.1 Å². The molecule has 4 nitrogen and oxygen atoms in total. The van der Waals surface area contributed by atoms with Crippen molar-refractivity contribution in [2.75, 3.05) is 5.32 Å². The Balaban J connectivity index is 2.04. The monoisotopic (exact) mass is 239 g/mol. The number of benzene rings is 1. The molecular formula is C14H13N3O. The highest BCUT2D eigenvalue weighted by Gasteiger charge is 2.23. The Kier molecular flexibility index (Phi) is 2.48. The maximum Gasteiger partial charge on any atom is 0.256 e. The molecule has 0 unspecified atom stereocenters. The lowest BCUT2D eigenvalue weighted by molar-refractivity contribution is -0.110. The zero-order valence-electron chi connectivity index (χ0n) is 10.0. The Labute approximate surface area is 105 Å². The summed E-state index contributed by atoms with van der Waals surface area (Å²) in [5.41, 5.74) is 3.34. The SMILES string of the molecule is CCc1ncc(/C=C2\C(=O)Nc3ccccc32)[nH]1. The Hall–Kier alpha value is -2.36. The summed E-state index contributed by atoms with van der Waals surface area (Å²) in [6.07, 6.45) is 4.44. The average Bonchev–Trinajstić information content (AvgIpc) is 2.96. The third kappa shape index (κ3) is 1.72. The zero-order valence-corrected chi connectivity index (χ0v) is 10.0. The van der Waals surface area contributed by atoms with E-state index in [1.165, 1.54) is 0 Å². The summed E-state index contributed by atoms with van der Waals surface area (Å²) in [6.45, 7) is 2.04. The highest BCUT2D eigenvalue weighted by molar-refractivity contribution is 6.34. The standard InChI is InChI=1S/C14H13N3O/c1-2-13-15-8-9(16-13)7-11-10-5-3-4-6-12(10)17-14(11)18/h3-8H,2H2,1H3,(H,15,16)(H,17,18)/b11-7-. The summed E-state index contributed by atoms with van der Waals surface area (Å²) in [7, 11) is 0. The summed E-state index contributed by atoms with van der Waals surface area (Å²) in [4.78, 5) is 19.3. The maximum atomic E-state index is 11.9. The second kappa shape index (κ2) is 4.14. The summed E-state index contributed by atoms with van der Waals surface area (Å²) >= 11 is 0. The molecule has 90 valence electrons. The van der Waals surface area contributed by atoms with Crippen LogP contribution in [0.5, 0.6) is 0 Å². The molecule has 0 radical (unpaired) electrons. The number of imidazole rings is 1. The first-order chi connectivity index (χ1) is 8.78. The second-order valence-corrected chi connectivity index (χ2v) is 4.20. The smallest absolute Gasteiger partial charge is 0.256 e. The number of carbonyl (C=O) groups excluding carboxylic acids is 1. The van der Waals surface area contributed by atoms with Gasteiger partial charge in [-0.2, -0.15) is 0 Å². The first-order valence-corrected chi connectivity index (χ1v) is 5.94. The molecule has 1 aromatic heterocycles. The van der Waals surface area contributed by atoms with Crippen molar-refractivity contribution in [3.63, 3.8) is 0 Å². The number of hydrogen-bond acceptors (Lipinski definition) is 2. The molecule has 1 amide bonds. The molecule has 0 saturated carbocycles. The van der Waals surface area contributed by atoms with Crippen LogP contribution in [0.1, 0.15) is 24.0 Å². The van der Waals surface area contributed by atoms with Crippen LogP contribution in [0.4, 0.5) is 5.69 Å². The summed E-state index contributed by atoms with van der Waals surface area (Å²) in [6, 6.07) is 7.68. The molecule has 1 aliphatic rings. The Morgan fingerprint density at radius 1 is 1.33 bits per heavy atom. The molecule has 1 aromatic carbocycles. The second-order valence-electron chi connectivity index (χ2n) is 4.20. The van der Waals surface area contributed by atoms with E-state index >= 15 is 0 Å². The van der Waals surface area contributed by atoms with Crippen LogP contribution >= 0.6 is 0 Å². The highest BCUT2D eigenvalue weighted by Crippen LogP contribution is 2.32. The molecule has 3 rings (SSSR count). The third-order valence-electron chi connectivity index (χ3n) is 2.99. The molecule has 1 aliphatic heterocycles. The number of amides is 1. The van der Waals surface area contributed by atoms with E-state index in [1.54, 1.807) is 6.20 Å². The largest absolute Gasteiger partial charge is 0.342 e. The van der Waals surface area contributed by atoms with E-state index in [4.69, 9.17) is 0 Å². The van der Waals surface area contributed by atoms with Gasteiger partial charge in [-0.3, -0.25) is 4.79 Å². The number of hydrogen-bond donors (Lipinski definition) is 2. The number of nitrogens with one attached hydrogen (secondary N) is 2. The fraction of sp³-hybridized carbons (Fsp3) is 0.143. The van der Waals surface area contributed by atoms with Crippen molar-refractivity contribution in [2.24, 2.45) is 0 Å². The van der Waals surface area contributed by atoms with E-state index in [0.717, 1.165) is 29.2 Å². The number of H-pyrrole nitrogens is 1. The van der Waals surface area contributed by atoms with Crippen LogP contribution in [0, 0.1) is 0 Å². The Morgan fingerprint density at radius 3 is 2.94 bits per heavy atom. The average molecular weight is 239 g/mol. The van der Waals surface area contributed by atoms with Crippen LogP contribution in [0.15, 0.2) is 30.5 Å². The van der Waals surface area contributed by atoms with Gasteiger partial charge in [0.15, 0.2) is 0 Å². The van der Waals surface area contributed by atoms with Gasteiger partial charge < -0.3 is 10.3 Å². The minimum Gasteiger partial charge on any atom is -0.342 e. The van der Waals surface area contributed by atoms with Gasteiger partial charge in [-0.25, -0.2) is 4.98 Å². The molecule has 2 aromatic rings. The topological polar surface area (TPSA) is 57.8 Å². The van der Waals surface area contributed by atoms with Crippen molar-refractivity contribution in [1.29, 1.82) is 0 Å². The Bertz CT molecular complexity index is 640. The van der Waals surface area contributed by atoms with Crippen LogP contribution in [-0.4, -0.2) is 15.9 Å². The van der Waals surface area contributed by atoms with Gasteiger partial charge in [0.1, 0.15) is 5.82 Å². The normalized spacial score (nSPS) is 15.8. The van der Waals surface area contributed by atoms with Gasteiger partial charge in [0.05, 0.1) is 17.5 Å². The van der Waals surface area contributed by atoms with Gasteiger partial charge in [-0.1, -0.05) is 25.1 Å². The van der Waals surface area contributed by atoms with Crippen molar-refractivity contribution in [3.8, 4) is 0 Å². The van der Waals surface area contributed by atoms with Gasteiger partial charge in [0.2, 0.25) is 0 Å². The molecular weight excluding hydrogens is 226 g/mol. The number of rotatable bonds is 2. The maximum absolute atomic E-state index is 11.9. The van der Waals surface area contributed by atoms with E-state index in [2.05, 4.69) is 15.3 Å². The number of fused-ring (bicyclic) bond motifs is 1. The van der Waals surface area contributed by atoms with E-state index in [-0.39, 0.29) is 5.91 Å². The quantitative estimate of drug-likeness (QED) is 0.791. The molecule has 0 fully saturated rings. The van der Waals surface area contributed by atoms with Crippen LogP contribution in [0.3, 0.4) is 0 Å². The van der Waals surface area contributed by atoms with Gasteiger partial charge >= 0.3 is 0 Å². The van der Waals surface area contributed by atoms with Crippen LogP contribution in [0.2, 0.25) is 0 Å². The predicted molar refractivity (Wildman–Crippen MR) is 70.9 cm³/mol. The van der Waals surface area contributed by atoms with E-state index in [0.29, 0.717) is 5.57 Å². The third-order valence-corrected chi connectivity index (χ3v) is 2.99. The van der Waals surface area contributed by atoms with Crippen LogP contribution in [0.25, 0.3) is 11.6 Å². The minimum atomic E-state index is -0.0659. The van der Waals surface area contributed by atoms with Crippen LogP contribution < -0.4 is 5.32 Å². The fourth-order valence-electron chi connectivity index (χ4n) is 2.07. The first-order valence-electron chi connectivity index (χ1n) is 5.94. The lowest BCUT2D eigenvalue weighted by Crippen LogP contribution is -2.03. The van der Waals surface area contributed by atoms with Crippen molar-refractivity contribution < 1.29 is 4.79 Å². The van der Waals surface area contributed by atoms with Crippen LogP contribution in [-0.2, 0) is 11.2 Å². The van der Waals surface area contributed by atoms with Crippen molar-refractivity contribution >= 4 is 23.2 Å². The number of carbonyl (C=O) groups is 1. The number of nitrogens with zero attached hydrogens (tertiary/aromatic N) is 1. The predicted octanol–water partition coefficient (Wildman–Crippen LogP) is 2.46. The van der Waals surface area contributed by atoms with E-state index < -0.39 is 0 Å². The number of aromatic nitrogens is 2. The van der Waals surface area contributed by atoms with Crippen molar-refractivity contribution in [2.45, 2.75) is 13.3 Å². The zero-order chi connectivity index (χ0) is 12.5. The molecule has 0 spiro atoms. The molecule has 4 heteroatoms. The van der Waals surface area contributed by atoms with Gasteiger partial charge in [-0.15, -0.1) is 0 Å². The summed E-state index contributed by atoms with van der Waals surface area (Å²) < 4.78 is 0. The molecule has 18 heavy (non-hydrogen) atoms. The molecule has 0 bridgehead atoms. The molecule has 0 aliphatic carbocycles. The number of anilines is 1. The minimum absolute atomic E-state index is 0.0659. The van der Waals surface area contributed by atoms with E-state index in [9.17, 15) is 4.79 Å². The number of aryl methyl sites for hydroxylation is 1. The lowest BCUT2D eigenvalue weighted by Gasteiger charge is -1.96. The lowest BCUT2D eigenvalue weighted by atomic mass is 10.1. The number of para-hydroxylation sites is 1.